The molecule has 0 spiro atoms. The Morgan fingerprint density at radius 3 is 2.44 bits per heavy atom. The van der Waals surface area contributed by atoms with Crippen LogP contribution in [0.4, 0.5) is 0 Å². The van der Waals surface area contributed by atoms with Gasteiger partial charge in [0.15, 0.2) is 0 Å². The van der Waals surface area contributed by atoms with Crippen LogP contribution in [-0.4, -0.2) is 16.8 Å². The summed E-state index contributed by atoms with van der Waals surface area (Å²) >= 11 is 3.57. The average molecular weight is 304 g/mol. The number of halogens is 1. The number of fused-ring (bicyclic) bond motifs is 1. The zero-order valence-electron chi connectivity index (χ0n) is 9.88. The average Bonchev–Trinajstić information content (AvgIpc) is 2.40. The number of benzene rings is 2. The molecule has 0 saturated heterocycles. The van der Waals surface area contributed by atoms with Crippen LogP contribution in [0.1, 0.15) is 22.7 Å². The molecule has 3 heteroatoms. The Kier molecular flexibility index (Phi) is 3.20. The summed E-state index contributed by atoms with van der Waals surface area (Å²) in [7, 11) is 0. The van der Waals surface area contributed by atoms with Gasteiger partial charge in [-0.15, -0.1) is 0 Å². The maximum atomic E-state index is 10.2. The van der Waals surface area contributed by atoms with Gasteiger partial charge in [-0.3, -0.25) is 0 Å². The quantitative estimate of drug-likeness (QED) is 0.866. The molecule has 0 fully saturated rings. The highest BCUT2D eigenvalue weighted by atomic mass is 79.9. The molecular formula is C15H14BrNO. The lowest BCUT2D eigenvalue weighted by Gasteiger charge is -2.33. The predicted octanol–water partition coefficient (Wildman–Crippen LogP) is 3.79. The molecule has 2 aromatic rings. The van der Waals surface area contributed by atoms with Crippen molar-refractivity contribution in [1.82, 2.24) is 5.06 Å². The van der Waals surface area contributed by atoms with E-state index in [9.17, 15) is 5.21 Å². The molecule has 1 heterocycles. The van der Waals surface area contributed by atoms with Crippen molar-refractivity contribution < 1.29 is 5.21 Å². The number of hydrogen-bond acceptors (Lipinski definition) is 2. The normalized spacial score (nSPS) is 19.6. The Morgan fingerprint density at radius 1 is 1.00 bits per heavy atom. The molecule has 0 saturated carbocycles. The van der Waals surface area contributed by atoms with Gasteiger partial charge in [0.1, 0.15) is 0 Å². The number of nitrogens with zero attached hydrogens (tertiary/aromatic N) is 1. The van der Waals surface area contributed by atoms with Crippen LogP contribution >= 0.6 is 15.9 Å². The molecule has 2 aromatic carbocycles. The first-order valence-corrected chi connectivity index (χ1v) is 6.84. The maximum Gasteiger partial charge on any atom is 0.0863 e. The topological polar surface area (TPSA) is 23.5 Å². The molecule has 1 aliphatic rings. The second kappa shape index (κ2) is 4.84. The van der Waals surface area contributed by atoms with Crippen LogP contribution in [0.5, 0.6) is 0 Å². The van der Waals surface area contributed by atoms with Gasteiger partial charge in [0.2, 0.25) is 0 Å². The Hall–Kier alpha value is -1.16. The first-order chi connectivity index (χ1) is 8.77. The predicted molar refractivity (Wildman–Crippen MR) is 74.6 cm³/mol. The van der Waals surface area contributed by atoms with Crippen molar-refractivity contribution in [3.8, 4) is 0 Å². The molecule has 1 N–H and O–H groups in total. The molecule has 2 nitrogen and oxygen atoms in total. The second-order valence-electron chi connectivity index (χ2n) is 4.54. The molecule has 18 heavy (non-hydrogen) atoms. The lowest BCUT2D eigenvalue weighted by atomic mass is 9.89. The van der Waals surface area contributed by atoms with E-state index in [4.69, 9.17) is 0 Å². The van der Waals surface area contributed by atoms with E-state index in [-0.39, 0.29) is 6.04 Å². The second-order valence-corrected chi connectivity index (χ2v) is 5.39. The Balaban J connectivity index is 2.14. The van der Waals surface area contributed by atoms with Gasteiger partial charge in [-0.1, -0.05) is 58.4 Å². The zero-order valence-corrected chi connectivity index (χ0v) is 11.5. The Morgan fingerprint density at radius 2 is 1.67 bits per heavy atom. The van der Waals surface area contributed by atoms with Crippen LogP contribution in [0.2, 0.25) is 0 Å². The van der Waals surface area contributed by atoms with Crippen molar-refractivity contribution in [2.75, 3.05) is 6.54 Å². The van der Waals surface area contributed by atoms with Crippen molar-refractivity contribution in [2.45, 2.75) is 12.5 Å². The lowest BCUT2D eigenvalue weighted by molar-refractivity contribution is -0.121. The molecule has 0 bridgehead atoms. The number of hydroxylamine groups is 2. The van der Waals surface area contributed by atoms with Crippen molar-refractivity contribution in [3.05, 3.63) is 69.7 Å². The molecule has 3 rings (SSSR count). The van der Waals surface area contributed by atoms with Gasteiger partial charge in [-0.2, -0.15) is 5.06 Å². The van der Waals surface area contributed by atoms with E-state index in [2.05, 4.69) is 40.2 Å². The molecule has 0 aliphatic carbocycles. The van der Waals surface area contributed by atoms with Crippen molar-refractivity contribution in [3.63, 3.8) is 0 Å². The summed E-state index contributed by atoms with van der Waals surface area (Å²) in [5.74, 6) is 0. The summed E-state index contributed by atoms with van der Waals surface area (Å²) < 4.78 is 1.03. The van der Waals surface area contributed by atoms with E-state index in [0.717, 1.165) is 16.5 Å². The summed E-state index contributed by atoms with van der Waals surface area (Å²) in [5, 5.41) is 11.6. The molecule has 0 aromatic heterocycles. The molecular weight excluding hydrogens is 290 g/mol. The summed E-state index contributed by atoms with van der Waals surface area (Å²) in [5.41, 5.74) is 3.62. The Bertz CT molecular complexity index is 570. The fourth-order valence-corrected chi connectivity index (χ4v) is 3.08. The SMILES string of the molecule is ON1CCc2ccccc2[C@@H]1c1ccccc1Br. The van der Waals surface area contributed by atoms with Crippen LogP contribution in [-0.2, 0) is 6.42 Å². The third kappa shape index (κ3) is 1.99. The van der Waals surface area contributed by atoms with Crippen LogP contribution in [0.3, 0.4) is 0 Å². The molecule has 0 unspecified atom stereocenters. The maximum absolute atomic E-state index is 10.2. The van der Waals surface area contributed by atoms with E-state index in [1.54, 1.807) is 0 Å². The molecule has 1 aliphatic heterocycles. The van der Waals surface area contributed by atoms with Gasteiger partial charge in [0.05, 0.1) is 6.04 Å². The van der Waals surface area contributed by atoms with Gasteiger partial charge in [-0.05, 0) is 29.2 Å². The van der Waals surface area contributed by atoms with Crippen molar-refractivity contribution >= 4 is 15.9 Å². The molecule has 1 atom stereocenters. The third-order valence-corrected chi connectivity index (χ3v) is 4.18. The van der Waals surface area contributed by atoms with E-state index in [1.165, 1.54) is 16.2 Å². The molecule has 92 valence electrons. The fourth-order valence-electron chi connectivity index (χ4n) is 2.58. The number of hydrogen-bond donors (Lipinski definition) is 1. The highest BCUT2D eigenvalue weighted by molar-refractivity contribution is 9.10. The first kappa shape index (κ1) is 11.9. The van der Waals surface area contributed by atoms with E-state index in [1.807, 2.05) is 24.3 Å². The molecule has 0 radical (unpaired) electrons. The summed E-state index contributed by atoms with van der Waals surface area (Å²) in [6.07, 6.45) is 0.896. The van der Waals surface area contributed by atoms with Crippen molar-refractivity contribution in [1.29, 1.82) is 0 Å². The highest BCUT2D eigenvalue weighted by Crippen LogP contribution is 2.36. The minimum absolute atomic E-state index is 0.0782. The largest absolute Gasteiger partial charge is 0.313 e. The van der Waals surface area contributed by atoms with Crippen LogP contribution in [0.25, 0.3) is 0 Å². The summed E-state index contributed by atoms with van der Waals surface area (Å²) in [4.78, 5) is 0. The monoisotopic (exact) mass is 303 g/mol. The smallest absolute Gasteiger partial charge is 0.0863 e. The fraction of sp³-hybridized carbons (Fsp3) is 0.200. The van der Waals surface area contributed by atoms with E-state index >= 15 is 0 Å². The van der Waals surface area contributed by atoms with Crippen LogP contribution in [0, 0.1) is 0 Å². The highest BCUT2D eigenvalue weighted by Gasteiger charge is 2.28. The molecule has 0 amide bonds. The minimum atomic E-state index is -0.0782. The summed E-state index contributed by atoms with van der Waals surface area (Å²) in [6.45, 7) is 0.670. The minimum Gasteiger partial charge on any atom is -0.313 e. The van der Waals surface area contributed by atoms with Crippen molar-refractivity contribution in [2.24, 2.45) is 0 Å². The van der Waals surface area contributed by atoms with E-state index in [0.29, 0.717) is 6.54 Å². The van der Waals surface area contributed by atoms with Gasteiger partial charge >= 0.3 is 0 Å². The van der Waals surface area contributed by atoms with E-state index < -0.39 is 0 Å². The zero-order chi connectivity index (χ0) is 12.5. The summed E-state index contributed by atoms with van der Waals surface area (Å²) in [6, 6.07) is 16.3. The standard InChI is InChI=1S/C15H14BrNO/c16-14-8-4-3-7-13(14)15-12-6-2-1-5-11(12)9-10-17(15)18/h1-8,15,18H,9-10H2/t15-/m1/s1. The van der Waals surface area contributed by atoms with Gasteiger partial charge in [0.25, 0.3) is 0 Å². The van der Waals surface area contributed by atoms with Gasteiger partial charge < -0.3 is 5.21 Å². The Labute approximate surface area is 115 Å². The van der Waals surface area contributed by atoms with Gasteiger partial charge in [0, 0.05) is 11.0 Å². The third-order valence-electron chi connectivity index (χ3n) is 3.46. The first-order valence-electron chi connectivity index (χ1n) is 6.05. The van der Waals surface area contributed by atoms with Crippen LogP contribution < -0.4 is 0 Å². The van der Waals surface area contributed by atoms with Gasteiger partial charge in [-0.25, -0.2) is 0 Å². The number of rotatable bonds is 1. The lowest BCUT2D eigenvalue weighted by Crippen LogP contribution is -2.33. The van der Waals surface area contributed by atoms with Crippen LogP contribution in [0.15, 0.2) is 53.0 Å².